The minimum Gasteiger partial charge on any atom is -0.461 e. The van der Waals surface area contributed by atoms with Crippen molar-refractivity contribution in [2.24, 2.45) is 0 Å². The number of rotatable bonds is 6. The Morgan fingerprint density at radius 1 is 0.969 bits per heavy atom. The Bertz CT molecular complexity index is 1220. The summed E-state index contributed by atoms with van der Waals surface area (Å²) >= 11 is 0. The second-order valence-electron chi connectivity index (χ2n) is 8.34. The predicted octanol–water partition coefficient (Wildman–Crippen LogP) is 6.25. The van der Waals surface area contributed by atoms with Crippen LogP contribution in [0, 0.1) is 0 Å². The van der Waals surface area contributed by atoms with Crippen molar-refractivity contribution < 1.29 is 9.53 Å². The number of aromatic nitrogens is 2. The molecule has 4 nitrogen and oxygen atoms in total. The molecule has 2 aromatic carbocycles. The van der Waals surface area contributed by atoms with E-state index in [4.69, 9.17) is 4.74 Å². The number of fused-ring (bicyclic) bond motifs is 1. The molecule has 32 heavy (non-hydrogen) atoms. The van der Waals surface area contributed by atoms with Gasteiger partial charge in [-0.1, -0.05) is 60.7 Å². The molecule has 4 heteroatoms. The van der Waals surface area contributed by atoms with E-state index < -0.39 is 0 Å². The van der Waals surface area contributed by atoms with Crippen molar-refractivity contribution in [2.75, 3.05) is 6.61 Å². The van der Waals surface area contributed by atoms with E-state index in [1.165, 1.54) is 29.7 Å². The van der Waals surface area contributed by atoms with Gasteiger partial charge in [0, 0.05) is 23.5 Å². The number of H-pyrrole nitrogens is 1. The van der Waals surface area contributed by atoms with Crippen LogP contribution in [0.3, 0.4) is 0 Å². The van der Waals surface area contributed by atoms with Crippen molar-refractivity contribution in [3.05, 3.63) is 95.3 Å². The molecule has 0 fully saturated rings. The molecule has 0 saturated carbocycles. The van der Waals surface area contributed by atoms with E-state index in [2.05, 4.69) is 58.1 Å². The van der Waals surface area contributed by atoms with Crippen molar-refractivity contribution in [1.82, 2.24) is 9.55 Å². The molecule has 1 aliphatic carbocycles. The predicted molar refractivity (Wildman–Crippen MR) is 128 cm³/mol. The van der Waals surface area contributed by atoms with E-state index in [-0.39, 0.29) is 5.97 Å². The Morgan fingerprint density at radius 3 is 2.44 bits per heavy atom. The lowest BCUT2D eigenvalue weighted by molar-refractivity contribution is 0.0521. The maximum absolute atomic E-state index is 12.9. The SMILES string of the molecule is CCOC(=O)c1[nH]c(-c2ccccc2)cc1-c1cc2c(n1Cc1ccccc1)CCCC2. The average molecular weight is 425 g/mol. The molecular weight excluding hydrogens is 396 g/mol. The van der Waals surface area contributed by atoms with E-state index in [1.807, 2.05) is 31.2 Å². The lowest BCUT2D eigenvalue weighted by Crippen LogP contribution is -2.11. The topological polar surface area (TPSA) is 47.0 Å². The smallest absolute Gasteiger partial charge is 0.355 e. The molecule has 4 aromatic rings. The van der Waals surface area contributed by atoms with Gasteiger partial charge in [0.1, 0.15) is 5.69 Å². The normalized spacial score (nSPS) is 13.0. The van der Waals surface area contributed by atoms with Gasteiger partial charge in [-0.05, 0) is 61.4 Å². The first-order valence-electron chi connectivity index (χ1n) is 11.5. The maximum Gasteiger partial charge on any atom is 0.355 e. The molecule has 2 aromatic heterocycles. The summed E-state index contributed by atoms with van der Waals surface area (Å²) in [4.78, 5) is 16.3. The first kappa shape index (κ1) is 20.4. The second-order valence-corrected chi connectivity index (χ2v) is 8.34. The van der Waals surface area contributed by atoms with E-state index in [0.717, 1.165) is 41.9 Å². The minimum atomic E-state index is -0.310. The summed E-state index contributed by atoms with van der Waals surface area (Å²) < 4.78 is 7.83. The van der Waals surface area contributed by atoms with Gasteiger partial charge in [0.15, 0.2) is 0 Å². The molecule has 0 unspecified atom stereocenters. The fraction of sp³-hybridized carbons (Fsp3) is 0.250. The van der Waals surface area contributed by atoms with Gasteiger partial charge in [0.2, 0.25) is 0 Å². The molecule has 0 radical (unpaired) electrons. The highest BCUT2D eigenvalue weighted by atomic mass is 16.5. The van der Waals surface area contributed by atoms with Gasteiger partial charge in [-0.3, -0.25) is 0 Å². The van der Waals surface area contributed by atoms with Crippen LogP contribution in [0.2, 0.25) is 0 Å². The molecular formula is C28H28N2O2. The monoisotopic (exact) mass is 424 g/mol. The number of nitrogens with zero attached hydrogens (tertiary/aromatic N) is 1. The molecule has 2 heterocycles. The number of nitrogens with one attached hydrogen (secondary N) is 1. The zero-order valence-electron chi connectivity index (χ0n) is 18.4. The standard InChI is InChI=1S/C28H28N2O2/c1-2-32-28(31)27-23(18-24(29-27)21-13-7-4-8-14-21)26-17-22-15-9-10-16-25(22)30(26)19-20-11-5-3-6-12-20/h3-8,11-14,17-18,29H,2,9-10,15-16,19H2,1H3. The summed E-state index contributed by atoms with van der Waals surface area (Å²) in [6.07, 6.45) is 4.59. The molecule has 162 valence electrons. The van der Waals surface area contributed by atoms with E-state index in [1.54, 1.807) is 0 Å². The van der Waals surface area contributed by atoms with Crippen LogP contribution in [-0.2, 0) is 24.1 Å². The highest BCUT2D eigenvalue weighted by Gasteiger charge is 2.25. The fourth-order valence-electron chi connectivity index (χ4n) is 4.73. The maximum atomic E-state index is 12.9. The van der Waals surface area contributed by atoms with Gasteiger partial charge in [-0.2, -0.15) is 0 Å². The summed E-state index contributed by atoms with van der Waals surface area (Å²) in [6, 6.07) is 25.1. The lowest BCUT2D eigenvalue weighted by Gasteiger charge is -2.17. The second kappa shape index (κ2) is 8.91. The Balaban J connectivity index is 1.67. The number of benzene rings is 2. The third-order valence-electron chi connectivity index (χ3n) is 6.25. The number of esters is 1. The highest BCUT2D eigenvalue weighted by Crippen LogP contribution is 2.36. The highest BCUT2D eigenvalue weighted by molar-refractivity contribution is 5.97. The number of hydrogen-bond acceptors (Lipinski definition) is 2. The van der Waals surface area contributed by atoms with Gasteiger partial charge in [-0.25, -0.2) is 4.79 Å². The van der Waals surface area contributed by atoms with Crippen LogP contribution in [0.15, 0.2) is 72.8 Å². The number of aryl methyl sites for hydroxylation is 1. The van der Waals surface area contributed by atoms with Crippen LogP contribution in [0.25, 0.3) is 22.5 Å². The molecule has 1 aliphatic rings. The van der Waals surface area contributed by atoms with Crippen molar-refractivity contribution >= 4 is 5.97 Å². The first-order valence-corrected chi connectivity index (χ1v) is 11.5. The van der Waals surface area contributed by atoms with Crippen LogP contribution in [0.4, 0.5) is 0 Å². The van der Waals surface area contributed by atoms with E-state index in [0.29, 0.717) is 12.3 Å². The Morgan fingerprint density at radius 2 is 1.69 bits per heavy atom. The number of carbonyl (C=O) groups is 1. The van der Waals surface area contributed by atoms with Gasteiger partial charge >= 0.3 is 5.97 Å². The average Bonchev–Trinajstić information content (AvgIpc) is 3.43. The Labute approximate surface area is 188 Å². The lowest BCUT2D eigenvalue weighted by atomic mass is 9.98. The third-order valence-corrected chi connectivity index (χ3v) is 6.25. The van der Waals surface area contributed by atoms with Crippen LogP contribution >= 0.6 is 0 Å². The van der Waals surface area contributed by atoms with Gasteiger partial charge in [0.05, 0.1) is 12.3 Å². The molecule has 0 bridgehead atoms. The third kappa shape index (κ3) is 3.89. The zero-order valence-corrected chi connectivity index (χ0v) is 18.4. The number of aromatic amines is 1. The molecule has 1 N–H and O–H groups in total. The minimum absolute atomic E-state index is 0.310. The molecule has 0 spiro atoms. The van der Waals surface area contributed by atoms with E-state index in [9.17, 15) is 4.79 Å². The van der Waals surface area contributed by atoms with Gasteiger partial charge in [0.25, 0.3) is 0 Å². The molecule has 5 rings (SSSR count). The van der Waals surface area contributed by atoms with Crippen LogP contribution in [0.1, 0.15) is 47.1 Å². The Hall–Kier alpha value is -3.53. The first-order chi connectivity index (χ1) is 15.7. The molecule has 0 aliphatic heterocycles. The largest absolute Gasteiger partial charge is 0.461 e. The number of ether oxygens (including phenoxy) is 1. The summed E-state index contributed by atoms with van der Waals surface area (Å²) in [7, 11) is 0. The summed E-state index contributed by atoms with van der Waals surface area (Å²) in [5.41, 5.74) is 8.55. The fourth-order valence-corrected chi connectivity index (χ4v) is 4.73. The van der Waals surface area contributed by atoms with Crippen LogP contribution < -0.4 is 0 Å². The van der Waals surface area contributed by atoms with E-state index >= 15 is 0 Å². The van der Waals surface area contributed by atoms with Crippen LogP contribution in [0.5, 0.6) is 0 Å². The Kier molecular flexibility index (Phi) is 5.68. The molecule has 0 amide bonds. The van der Waals surface area contributed by atoms with Crippen molar-refractivity contribution in [3.63, 3.8) is 0 Å². The van der Waals surface area contributed by atoms with Gasteiger partial charge < -0.3 is 14.3 Å². The number of carbonyl (C=O) groups excluding carboxylic acids is 1. The van der Waals surface area contributed by atoms with Crippen molar-refractivity contribution in [3.8, 4) is 22.5 Å². The molecule has 0 atom stereocenters. The van der Waals surface area contributed by atoms with Crippen molar-refractivity contribution in [1.29, 1.82) is 0 Å². The quantitative estimate of drug-likeness (QED) is 0.372. The molecule has 0 saturated heterocycles. The van der Waals surface area contributed by atoms with Crippen molar-refractivity contribution in [2.45, 2.75) is 39.2 Å². The van der Waals surface area contributed by atoms with Gasteiger partial charge in [-0.15, -0.1) is 0 Å². The summed E-state index contributed by atoms with van der Waals surface area (Å²) in [5, 5.41) is 0. The zero-order chi connectivity index (χ0) is 21.9. The summed E-state index contributed by atoms with van der Waals surface area (Å²) in [6.45, 7) is 2.98. The number of hydrogen-bond donors (Lipinski definition) is 1. The summed E-state index contributed by atoms with van der Waals surface area (Å²) in [5.74, 6) is -0.310. The van der Waals surface area contributed by atoms with Crippen LogP contribution in [-0.4, -0.2) is 22.1 Å².